The standard InChI is InChI=1S/C14H22O7/c1-6(15)17-10-11-8(18-13(2,3)20-11)7(16)9-12(10)21-14(4,5)19-9/h7-12,16H,1-5H3/t7?,8-,9+,10?,11-,12-/m1/s1. The molecule has 2 heterocycles. The van der Waals surface area contributed by atoms with Crippen LogP contribution < -0.4 is 0 Å². The molecule has 3 rings (SSSR count). The number of fused-ring (bicyclic) bond motifs is 2. The molecule has 0 radical (unpaired) electrons. The molecule has 0 aromatic carbocycles. The van der Waals surface area contributed by atoms with Crippen molar-refractivity contribution in [3.05, 3.63) is 0 Å². The topological polar surface area (TPSA) is 83.5 Å². The summed E-state index contributed by atoms with van der Waals surface area (Å²) in [7, 11) is 0. The molecule has 0 aromatic rings. The number of carbonyl (C=O) groups is 1. The molecular weight excluding hydrogens is 280 g/mol. The normalized spacial score (nSPS) is 46.8. The molecule has 0 amide bonds. The van der Waals surface area contributed by atoms with E-state index in [9.17, 15) is 9.90 Å². The number of ether oxygens (including phenoxy) is 5. The van der Waals surface area contributed by atoms with Crippen molar-refractivity contribution in [3.8, 4) is 0 Å². The van der Waals surface area contributed by atoms with Crippen LogP contribution in [0, 0.1) is 0 Å². The number of aliphatic hydroxyl groups excluding tert-OH is 1. The number of rotatable bonds is 1. The first-order chi connectivity index (χ1) is 9.60. The highest BCUT2D eigenvalue weighted by molar-refractivity contribution is 5.66. The fourth-order valence-electron chi connectivity index (χ4n) is 3.37. The van der Waals surface area contributed by atoms with Gasteiger partial charge in [0, 0.05) is 6.92 Å². The number of esters is 1. The molecule has 21 heavy (non-hydrogen) atoms. The minimum Gasteiger partial charge on any atom is -0.457 e. The highest BCUT2D eigenvalue weighted by atomic mass is 16.8. The fourth-order valence-corrected chi connectivity index (χ4v) is 3.37. The van der Waals surface area contributed by atoms with Crippen LogP contribution in [0.2, 0.25) is 0 Å². The van der Waals surface area contributed by atoms with E-state index in [1.54, 1.807) is 27.7 Å². The van der Waals surface area contributed by atoms with E-state index in [2.05, 4.69) is 0 Å². The average Bonchev–Trinajstić information content (AvgIpc) is 2.81. The first-order valence-electron chi connectivity index (χ1n) is 7.16. The molecular formula is C14H22O7. The second-order valence-corrected chi connectivity index (χ2v) is 6.69. The van der Waals surface area contributed by atoms with Gasteiger partial charge < -0.3 is 28.8 Å². The summed E-state index contributed by atoms with van der Waals surface area (Å²) >= 11 is 0. The van der Waals surface area contributed by atoms with E-state index in [0.717, 1.165) is 0 Å². The molecule has 2 unspecified atom stereocenters. The Labute approximate surface area is 123 Å². The van der Waals surface area contributed by atoms with Gasteiger partial charge in [-0.05, 0) is 27.7 Å². The van der Waals surface area contributed by atoms with Crippen molar-refractivity contribution in [3.63, 3.8) is 0 Å². The Balaban J connectivity index is 1.93. The summed E-state index contributed by atoms with van der Waals surface area (Å²) in [6.07, 6.45) is -4.00. The zero-order chi connectivity index (χ0) is 15.6. The summed E-state index contributed by atoms with van der Waals surface area (Å²) < 4.78 is 28.5. The number of carbonyl (C=O) groups excluding carboxylic acids is 1. The van der Waals surface area contributed by atoms with Crippen molar-refractivity contribution in [2.24, 2.45) is 0 Å². The summed E-state index contributed by atoms with van der Waals surface area (Å²) in [5.74, 6) is -2.15. The van der Waals surface area contributed by atoms with E-state index in [1.807, 2.05) is 0 Å². The third kappa shape index (κ3) is 2.57. The first kappa shape index (κ1) is 15.2. The Kier molecular flexibility index (Phi) is 3.35. The molecule has 0 bridgehead atoms. The lowest BCUT2D eigenvalue weighted by molar-refractivity contribution is -0.194. The zero-order valence-corrected chi connectivity index (χ0v) is 12.9. The van der Waals surface area contributed by atoms with Crippen molar-refractivity contribution >= 4 is 5.97 Å². The number of aliphatic hydroxyl groups is 1. The summed E-state index contributed by atoms with van der Waals surface area (Å²) in [5.41, 5.74) is 0. The lowest BCUT2D eigenvalue weighted by atomic mass is 9.85. The van der Waals surface area contributed by atoms with E-state index < -0.39 is 54.2 Å². The van der Waals surface area contributed by atoms with Crippen LogP contribution in [-0.2, 0) is 28.5 Å². The number of hydrogen-bond donors (Lipinski definition) is 1. The summed E-state index contributed by atoms with van der Waals surface area (Å²) in [5, 5.41) is 10.5. The maximum atomic E-state index is 11.4. The SMILES string of the molecule is CC(=O)OC1[C@@H]2OC(C)(C)O[C@@H]2C(O)[C@@H]2OC(C)(C)O[C@@H]12. The predicted octanol–water partition coefficient (Wildman–Crippen LogP) is 0.333. The van der Waals surface area contributed by atoms with Crippen LogP contribution in [-0.4, -0.2) is 59.3 Å². The predicted molar refractivity (Wildman–Crippen MR) is 69.2 cm³/mol. The molecule has 2 aliphatic heterocycles. The molecule has 1 N–H and O–H groups in total. The molecule has 120 valence electrons. The van der Waals surface area contributed by atoms with Crippen LogP contribution >= 0.6 is 0 Å². The lowest BCUT2D eigenvalue weighted by Crippen LogP contribution is -2.62. The highest BCUT2D eigenvalue weighted by Crippen LogP contribution is 2.45. The van der Waals surface area contributed by atoms with Crippen LogP contribution in [0.4, 0.5) is 0 Å². The molecule has 2 saturated heterocycles. The van der Waals surface area contributed by atoms with Crippen molar-refractivity contribution in [2.45, 2.75) is 82.8 Å². The quantitative estimate of drug-likeness (QED) is 0.699. The average molecular weight is 302 g/mol. The molecule has 1 saturated carbocycles. The van der Waals surface area contributed by atoms with Gasteiger partial charge in [-0.1, -0.05) is 0 Å². The van der Waals surface area contributed by atoms with Crippen LogP contribution in [0.15, 0.2) is 0 Å². The smallest absolute Gasteiger partial charge is 0.303 e. The first-order valence-corrected chi connectivity index (χ1v) is 7.16. The Morgan fingerprint density at radius 1 is 0.905 bits per heavy atom. The van der Waals surface area contributed by atoms with E-state index in [4.69, 9.17) is 23.7 Å². The van der Waals surface area contributed by atoms with Crippen LogP contribution in [0.1, 0.15) is 34.6 Å². The van der Waals surface area contributed by atoms with E-state index >= 15 is 0 Å². The molecule has 6 atom stereocenters. The third-order valence-electron chi connectivity index (χ3n) is 3.95. The Morgan fingerprint density at radius 3 is 1.67 bits per heavy atom. The fraction of sp³-hybridized carbons (Fsp3) is 0.929. The van der Waals surface area contributed by atoms with Gasteiger partial charge in [0.25, 0.3) is 0 Å². The minimum absolute atomic E-state index is 0.435. The van der Waals surface area contributed by atoms with Gasteiger partial charge in [0.2, 0.25) is 0 Å². The van der Waals surface area contributed by atoms with E-state index in [-0.39, 0.29) is 0 Å². The Bertz CT molecular complexity index is 415. The molecule has 7 heteroatoms. The minimum atomic E-state index is -0.907. The maximum absolute atomic E-state index is 11.4. The molecule has 0 spiro atoms. The second kappa shape index (κ2) is 4.63. The van der Waals surface area contributed by atoms with Crippen LogP contribution in [0.5, 0.6) is 0 Å². The Morgan fingerprint density at radius 2 is 1.29 bits per heavy atom. The zero-order valence-electron chi connectivity index (χ0n) is 12.9. The van der Waals surface area contributed by atoms with Crippen molar-refractivity contribution < 1.29 is 33.6 Å². The largest absolute Gasteiger partial charge is 0.457 e. The maximum Gasteiger partial charge on any atom is 0.303 e. The monoisotopic (exact) mass is 302 g/mol. The molecule has 3 aliphatic rings. The van der Waals surface area contributed by atoms with Gasteiger partial charge in [-0.15, -0.1) is 0 Å². The van der Waals surface area contributed by atoms with Crippen molar-refractivity contribution in [2.75, 3.05) is 0 Å². The van der Waals surface area contributed by atoms with Gasteiger partial charge >= 0.3 is 5.97 Å². The van der Waals surface area contributed by atoms with Crippen LogP contribution in [0.25, 0.3) is 0 Å². The lowest BCUT2D eigenvalue weighted by Gasteiger charge is -2.39. The highest BCUT2D eigenvalue weighted by Gasteiger charge is 2.64. The van der Waals surface area contributed by atoms with Crippen molar-refractivity contribution in [1.29, 1.82) is 0 Å². The van der Waals surface area contributed by atoms with Gasteiger partial charge in [-0.25, -0.2) is 0 Å². The molecule has 7 nitrogen and oxygen atoms in total. The van der Waals surface area contributed by atoms with Gasteiger partial charge in [-0.3, -0.25) is 4.79 Å². The molecule has 3 fully saturated rings. The van der Waals surface area contributed by atoms with Gasteiger partial charge in [0.15, 0.2) is 17.7 Å². The summed E-state index contributed by atoms with van der Waals surface area (Å²) in [6.45, 7) is 8.35. The van der Waals surface area contributed by atoms with Gasteiger partial charge in [0.05, 0.1) is 0 Å². The van der Waals surface area contributed by atoms with E-state index in [1.165, 1.54) is 6.92 Å². The Hall–Kier alpha value is -0.730. The van der Waals surface area contributed by atoms with Gasteiger partial charge in [0.1, 0.15) is 30.5 Å². The van der Waals surface area contributed by atoms with E-state index in [0.29, 0.717) is 0 Å². The number of hydrogen-bond acceptors (Lipinski definition) is 7. The molecule has 0 aromatic heterocycles. The summed E-state index contributed by atoms with van der Waals surface area (Å²) in [4.78, 5) is 11.4. The summed E-state index contributed by atoms with van der Waals surface area (Å²) in [6, 6.07) is 0. The molecule has 1 aliphatic carbocycles. The van der Waals surface area contributed by atoms with Crippen LogP contribution in [0.3, 0.4) is 0 Å². The van der Waals surface area contributed by atoms with Gasteiger partial charge in [-0.2, -0.15) is 0 Å². The third-order valence-corrected chi connectivity index (χ3v) is 3.95. The second-order valence-electron chi connectivity index (χ2n) is 6.69. The van der Waals surface area contributed by atoms with Crippen molar-refractivity contribution in [1.82, 2.24) is 0 Å².